The fourth-order valence-corrected chi connectivity index (χ4v) is 2.21. The van der Waals surface area contributed by atoms with Crippen LogP contribution >= 0.6 is 0 Å². The van der Waals surface area contributed by atoms with Crippen molar-refractivity contribution in [2.45, 2.75) is 39.2 Å². The molecule has 5 nitrogen and oxygen atoms in total. The number of ether oxygens (including phenoxy) is 1. The number of aromatic amines is 1. The number of hydrogen-bond acceptors (Lipinski definition) is 3. The van der Waals surface area contributed by atoms with Crippen molar-refractivity contribution in [3.8, 4) is 0 Å². The highest BCUT2D eigenvalue weighted by molar-refractivity contribution is 6.76. The second-order valence-electron chi connectivity index (χ2n) is 5.66. The first-order valence-electron chi connectivity index (χ1n) is 6.18. The van der Waals surface area contributed by atoms with Gasteiger partial charge in [0.25, 0.3) is 5.56 Å². The molecule has 0 unspecified atom stereocenters. The van der Waals surface area contributed by atoms with Gasteiger partial charge in [-0.05, 0) is 13.0 Å². The van der Waals surface area contributed by atoms with Crippen LogP contribution in [0.15, 0.2) is 15.8 Å². The van der Waals surface area contributed by atoms with Gasteiger partial charge >= 0.3 is 5.69 Å². The third kappa shape index (κ3) is 4.62. The maximum atomic E-state index is 11.7. The van der Waals surface area contributed by atoms with Gasteiger partial charge in [-0.2, -0.15) is 0 Å². The van der Waals surface area contributed by atoms with E-state index < -0.39 is 8.07 Å². The Morgan fingerprint density at radius 3 is 2.56 bits per heavy atom. The highest BCUT2D eigenvalue weighted by atomic mass is 28.3. The molecule has 1 heterocycles. The lowest BCUT2D eigenvalue weighted by atomic mass is 10.4. The Hall–Kier alpha value is -1.14. The van der Waals surface area contributed by atoms with E-state index in [1.807, 2.05) is 0 Å². The molecule has 0 fully saturated rings. The molecule has 0 amide bonds. The summed E-state index contributed by atoms with van der Waals surface area (Å²) < 4.78 is 6.67. The molecule has 0 saturated carbocycles. The summed E-state index contributed by atoms with van der Waals surface area (Å²) in [5.41, 5.74) is -0.0800. The zero-order chi connectivity index (χ0) is 13.8. The lowest BCUT2D eigenvalue weighted by Crippen LogP contribution is -2.37. The quantitative estimate of drug-likeness (QED) is 0.624. The third-order valence-corrected chi connectivity index (χ3v) is 4.40. The Morgan fingerprint density at radius 1 is 1.28 bits per heavy atom. The molecule has 0 spiro atoms. The fraction of sp³-hybridized carbons (Fsp3) is 0.667. The minimum absolute atomic E-state index is 0.243. The molecule has 1 rings (SSSR count). The van der Waals surface area contributed by atoms with Crippen molar-refractivity contribution in [3.05, 3.63) is 32.6 Å². The lowest BCUT2D eigenvalue weighted by molar-refractivity contribution is 0.136. The van der Waals surface area contributed by atoms with Gasteiger partial charge in [-0.15, -0.1) is 0 Å². The number of aromatic nitrogens is 2. The molecule has 0 aliphatic heterocycles. The highest BCUT2D eigenvalue weighted by Gasteiger charge is 2.12. The fourth-order valence-electron chi connectivity index (χ4n) is 1.45. The van der Waals surface area contributed by atoms with Crippen LogP contribution in [-0.2, 0) is 11.3 Å². The van der Waals surface area contributed by atoms with Gasteiger partial charge in [-0.1, -0.05) is 19.6 Å². The van der Waals surface area contributed by atoms with E-state index in [2.05, 4.69) is 24.6 Å². The largest absolute Gasteiger partial charge is 0.380 e. The molecule has 0 aliphatic rings. The van der Waals surface area contributed by atoms with Crippen LogP contribution in [0.3, 0.4) is 0 Å². The average Bonchev–Trinajstić information content (AvgIpc) is 2.26. The van der Waals surface area contributed by atoms with Crippen LogP contribution in [0.25, 0.3) is 0 Å². The molecule has 6 heteroatoms. The van der Waals surface area contributed by atoms with Crippen molar-refractivity contribution >= 4 is 8.07 Å². The number of nitrogens with zero attached hydrogens (tertiary/aromatic N) is 1. The SMILES string of the molecule is Cc1c[nH]c(=O)n(CCOCC[Si](C)(C)C)c1=O. The molecule has 0 aliphatic carbocycles. The Morgan fingerprint density at radius 2 is 1.94 bits per heavy atom. The number of H-pyrrole nitrogens is 1. The molecular weight excluding hydrogens is 248 g/mol. The van der Waals surface area contributed by atoms with Gasteiger partial charge < -0.3 is 9.72 Å². The van der Waals surface area contributed by atoms with E-state index in [-0.39, 0.29) is 11.2 Å². The maximum absolute atomic E-state index is 11.7. The zero-order valence-corrected chi connectivity index (χ0v) is 12.6. The minimum atomic E-state index is -1.08. The summed E-state index contributed by atoms with van der Waals surface area (Å²) in [6.45, 7) is 9.94. The first-order valence-corrected chi connectivity index (χ1v) is 9.89. The summed E-state index contributed by atoms with van der Waals surface area (Å²) in [7, 11) is -1.08. The molecular formula is C12H22N2O3Si. The van der Waals surface area contributed by atoms with Crippen LogP contribution in [-0.4, -0.2) is 30.8 Å². The van der Waals surface area contributed by atoms with Gasteiger partial charge in [-0.3, -0.25) is 9.36 Å². The Kier molecular flexibility index (Phi) is 5.10. The van der Waals surface area contributed by atoms with Gasteiger partial charge in [0.1, 0.15) is 0 Å². The monoisotopic (exact) mass is 270 g/mol. The Balaban J connectivity index is 2.48. The normalized spacial score (nSPS) is 11.8. The van der Waals surface area contributed by atoms with Crippen molar-refractivity contribution in [3.63, 3.8) is 0 Å². The smallest absolute Gasteiger partial charge is 0.328 e. The molecule has 1 aromatic heterocycles. The molecule has 102 valence electrons. The van der Waals surface area contributed by atoms with Crippen LogP contribution in [0.4, 0.5) is 0 Å². The van der Waals surface area contributed by atoms with Crippen molar-refractivity contribution in [1.29, 1.82) is 0 Å². The Labute approximate surface area is 108 Å². The van der Waals surface area contributed by atoms with Gasteiger partial charge in [0, 0.05) is 26.4 Å². The molecule has 0 aromatic carbocycles. The second kappa shape index (κ2) is 6.15. The number of rotatable bonds is 6. The summed E-state index contributed by atoms with van der Waals surface area (Å²) in [6.07, 6.45) is 1.44. The van der Waals surface area contributed by atoms with Gasteiger partial charge in [-0.25, -0.2) is 4.79 Å². The number of nitrogens with one attached hydrogen (secondary N) is 1. The summed E-state index contributed by atoms with van der Waals surface area (Å²) in [5.74, 6) is 0. The summed E-state index contributed by atoms with van der Waals surface area (Å²) in [6, 6.07) is 1.09. The summed E-state index contributed by atoms with van der Waals surface area (Å²) >= 11 is 0. The topological polar surface area (TPSA) is 64.1 Å². The molecule has 1 N–H and O–H groups in total. The van der Waals surface area contributed by atoms with Gasteiger partial charge in [0.2, 0.25) is 0 Å². The van der Waals surface area contributed by atoms with Gasteiger partial charge in [0.05, 0.1) is 13.2 Å². The van der Waals surface area contributed by atoms with Crippen LogP contribution in [0.5, 0.6) is 0 Å². The summed E-state index contributed by atoms with van der Waals surface area (Å²) in [4.78, 5) is 25.7. The second-order valence-corrected chi connectivity index (χ2v) is 11.3. The zero-order valence-electron chi connectivity index (χ0n) is 11.6. The third-order valence-electron chi connectivity index (χ3n) is 2.70. The molecule has 1 aromatic rings. The number of aryl methyl sites for hydroxylation is 1. The highest BCUT2D eigenvalue weighted by Crippen LogP contribution is 2.07. The first-order chi connectivity index (χ1) is 8.31. The maximum Gasteiger partial charge on any atom is 0.328 e. The van der Waals surface area contributed by atoms with Crippen LogP contribution in [0.2, 0.25) is 25.7 Å². The van der Waals surface area contributed by atoms with E-state index >= 15 is 0 Å². The average molecular weight is 270 g/mol. The van der Waals surface area contributed by atoms with E-state index in [4.69, 9.17) is 4.74 Å². The standard InChI is InChI=1S/C12H22N2O3Si/c1-10-9-13-12(16)14(11(10)15)5-6-17-7-8-18(2,3)4/h9H,5-8H2,1-4H3,(H,13,16). The van der Waals surface area contributed by atoms with Crippen LogP contribution in [0, 0.1) is 6.92 Å². The molecule has 18 heavy (non-hydrogen) atoms. The summed E-state index contributed by atoms with van der Waals surface area (Å²) in [5, 5.41) is 0. The predicted molar refractivity (Wildman–Crippen MR) is 75.0 cm³/mol. The van der Waals surface area contributed by atoms with E-state index in [1.165, 1.54) is 10.8 Å². The van der Waals surface area contributed by atoms with E-state index in [9.17, 15) is 9.59 Å². The lowest BCUT2D eigenvalue weighted by Gasteiger charge is -2.15. The van der Waals surface area contributed by atoms with Crippen molar-refractivity contribution in [2.24, 2.45) is 0 Å². The molecule has 0 atom stereocenters. The molecule has 0 saturated heterocycles. The van der Waals surface area contributed by atoms with E-state index in [0.717, 1.165) is 6.04 Å². The molecule has 0 radical (unpaired) electrons. The minimum Gasteiger partial charge on any atom is -0.380 e. The number of hydrogen-bond donors (Lipinski definition) is 1. The Bertz CT molecular complexity index is 499. The van der Waals surface area contributed by atoms with Crippen molar-refractivity contribution in [1.82, 2.24) is 9.55 Å². The van der Waals surface area contributed by atoms with Crippen LogP contribution in [0.1, 0.15) is 5.56 Å². The predicted octanol–water partition coefficient (Wildman–Crippen LogP) is 1.20. The molecule has 0 bridgehead atoms. The van der Waals surface area contributed by atoms with E-state index in [0.29, 0.717) is 25.3 Å². The van der Waals surface area contributed by atoms with Crippen molar-refractivity contribution < 1.29 is 4.74 Å². The first kappa shape index (κ1) is 14.9. The van der Waals surface area contributed by atoms with Crippen LogP contribution < -0.4 is 11.2 Å². The van der Waals surface area contributed by atoms with Crippen molar-refractivity contribution in [2.75, 3.05) is 13.2 Å². The van der Waals surface area contributed by atoms with Gasteiger partial charge in [0.15, 0.2) is 0 Å². The van der Waals surface area contributed by atoms with E-state index in [1.54, 1.807) is 6.92 Å².